The van der Waals surface area contributed by atoms with Crippen LogP contribution in [-0.2, 0) is 16.0 Å². The molecule has 3 rings (SSSR count). The van der Waals surface area contributed by atoms with Crippen LogP contribution in [0.2, 0.25) is 0 Å². The van der Waals surface area contributed by atoms with E-state index in [9.17, 15) is 0 Å². The number of rotatable bonds is 5. The number of hydrogen-bond donors (Lipinski definition) is 0. The van der Waals surface area contributed by atoms with Gasteiger partial charge in [-0.15, -0.1) is 6.58 Å². The Labute approximate surface area is 120 Å². The molecule has 1 aliphatic heterocycles. The molecule has 2 fully saturated rings. The average Bonchev–Trinajstić information content (AvgIpc) is 2.79. The maximum atomic E-state index is 5.96. The van der Waals surface area contributed by atoms with Gasteiger partial charge < -0.3 is 9.47 Å². The molecular formula is C16H22N2O2. The Morgan fingerprint density at radius 3 is 3.20 bits per heavy atom. The lowest BCUT2D eigenvalue weighted by atomic mass is 10.1. The Kier molecular flexibility index (Phi) is 4.45. The first kappa shape index (κ1) is 13.7. The highest BCUT2D eigenvalue weighted by Gasteiger charge is 2.42. The van der Waals surface area contributed by atoms with Crippen LogP contribution in [0.25, 0.3) is 0 Å². The molecule has 0 unspecified atom stereocenters. The molecule has 1 aliphatic carbocycles. The fraction of sp³-hybridized carbons (Fsp3) is 0.562. The van der Waals surface area contributed by atoms with Crippen LogP contribution >= 0.6 is 0 Å². The molecule has 0 N–H and O–H groups in total. The molecule has 4 heteroatoms. The Balaban J connectivity index is 1.71. The molecule has 2 aliphatic rings. The van der Waals surface area contributed by atoms with Gasteiger partial charge in [-0.25, -0.2) is 0 Å². The molecule has 1 saturated heterocycles. The van der Waals surface area contributed by atoms with Crippen LogP contribution in [0.15, 0.2) is 37.1 Å². The summed E-state index contributed by atoms with van der Waals surface area (Å²) in [6, 6.07) is 6.51. The minimum atomic E-state index is 0.166. The molecule has 20 heavy (non-hydrogen) atoms. The van der Waals surface area contributed by atoms with Gasteiger partial charge in [0.15, 0.2) is 0 Å². The molecule has 4 nitrogen and oxygen atoms in total. The van der Waals surface area contributed by atoms with Crippen molar-refractivity contribution in [2.75, 3.05) is 19.8 Å². The number of pyridine rings is 1. The highest BCUT2D eigenvalue weighted by atomic mass is 16.5. The van der Waals surface area contributed by atoms with E-state index in [1.165, 1.54) is 0 Å². The predicted molar refractivity (Wildman–Crippen MR) is 77.3 cm³/mol. The van der Waals surface area contributed by atoms with Gasteiger partial charge in [0.05, 0.1) is 31.1 Å². The van der Waals surface area contributed by atoms with Crippen molar-refractivity contribution in [3.05, 3.63) is 42.7 Å². The topological polar surface area (TPSA) is 34.6 Å². The van der Waals surface area contributed by atoms with Gasteiger partial charge in [0.1, 0.15) is 0 Å². The number of aromatic nitrogens is 1. The maximum absolute atomic E-state index is 5.96. The molecule has 1 aromatic rings. The standard InChI is InChI=1S/C16H22N2O2/c1-2-10-20-16-14-6-7-15(16)19-11-9-18(14)12-13-5-3-4-8-17-13/h2-5,8,14-16H,1,6-7,9-12H2/t14-,15-,16-/m1/s1. The summed E-state index contributed by atoms with van der Waals surface area (Å²) in [5.74, 6) is 0. The van der Waals surface area contributed by atoms with Crippen LogP contribution in [0.4, 0.5) is 0 Å². The molecule has 1 saturated carbocycles. The molecular weight excluding hydrogens is 252 g/mol. The Morgan fingerprint density at radius 2 is 2.40 bits per heavy atom. The summed E-state index contributed by atoms with van der Waals surface area (Å²) >= 11 is 0. The lowest BCUT2D eigenvalue weighted by Gasteiger charge is -2.30. The van der Waals surface area contributed by atoms with Crippen LogP contribution in [0, 0.1) is 0 Å². The smallest absolute Gasteiger partial charge is 0.0995 e. The normalized spacial score (nSPS) is 30.1. The van der Waals surface area contributed by atoms with E-state index in [1.54, 1.807) is 0 Å². The number of ether oxygens (including phenoxy) is 2. The van der Waals surface area contributed by atoms with E-state index in [-0.39, 0.29) is 12.2 Å². The van der Waals surface area contributed by atoms with Crippen molar-refractivity contribution >= 4 is 0 Å². The van der Waals surface area contributed by atoms with E-state index in [0.29, 0.717) is 12.6 Å². The van der Waals surface area contributed by atoms with E-state index in [2.05, 4.69) is 22.5 Å². The Morgan fingerprint density at radius 1 is 1.45 bits per heavy atom. The second kappa shape index (κ2) is 6.48. The van der Waals surface area contributed by atoms with Gasteiger partial charge >= 0.3 is 0 Å². The Hall–Kier alpha value is -1.23. The highest BCUT2D eigenvalue weighted by Crippen LogP contribution is 2.32. The largest absolute Gasteiger partial charge is 0.374 e. The zero-order valence-electron chi connectivity index (χ0n) is 11.8. The van der Waals surface area contributed by atoms with Crippen LogP contribution in [0.5, 0.6) is 0 Å². The third kappa shape index (κ3) is 2.92. The van der Waals surface area contributed by atoms with Gasteiger partial charge in [0.2, 0.25) is 0 Å². The second-order valence-corrected chi connectivity index (χ2v) is 5.43. The summed E-state index contributed by atoms with van der Waals surface area (Å²) in [6.07, 6.45) is 6.30. The van der Waals surface area contributed by atoms with Gasteiger partial charge in [-0.3, -0.25) is 9.88 Å². The molecule has 0 aromatic carbocycles. The van der Waals surface area contributed by atoms with Crippen molar-refractivity contribution in [1.29, 1.82) is 0 Å². The minimum absolute atomic E-state index is 0.166. The van der Waals surface area contributed by atoms with E-state index < -0.39 is 0 Å². The number of hydrogen-bond acceptors (Lipinski definition) is 4. The summed E-state index contributed by atoms with van der Waals surface area (Å²) in [6.45, 7) is 6.93. The molecule has 1 aromatic heterocycles. The monoisotopic (exact) mass is 274 g/mol. The van der Waals surface area contributed by atoms with Crippen LogP contribution in [0.3, 0.4) is 0 Å². The van der Waals surface area contributed by atoms with E-state index >= 15 is 0 Å². The molecule has 108 valence electrons. The van der Waals surface area contributed by atoms with Gasteiger partial charge in [0, 0.05) is 25.3 Å². The summed E-state index contributed by atoms with van der Waals surface area (Å²) in [4.78, 5) is 6.89. The van der Waals surface area contributed by atoms with Crippen molar-refractivity contribution in [2.45, 2.75) is 37.6 Å². The molecule has 0 amide bonds. The second-order valence-electron chi connectivity index (χ2n) is 5.43. The SMILES string of the molecule is C=CCO[C@@H]1[C@H]2CC[C@H]1OCCN2Cc1ccccn1. The lowest BCUT2D eigenvalue weighted by Crippen LogP contribution is -2.43. The average molecular weight is 274 g/mol. The van der Waals surface area contributed by atoms with Crippen molar-refractivity contribution in [3.63, 3.8) is 0 Å². The van der Waals surface area contributed by atoms with Crippen molar-refractivity contribution in [3.8, 4) is 0 Å². The fourth-order valence-electron chi connectivity index (χ4n) is 3.26. The number of nitrogens with zero attached hydrogens (tertiary/aromatic N) is 2. The molecule has 2 bridgehead atoms. The third-order valence-electron chi connectivity index (χ3n) is 4.17. The van der Waals surface area contributed by atoms with Crippen LogP contribution in [-0.4, -0.2) is 47.9 Å². The van der Waals surface area contributed by atoms with Crippen molar-refractivity contribution in [2.24, 2.45) is 0 Å². The van der Waals surface area contributed by atoms with Crippen molar-refractivity contribution < 1.29 is 9.47 Å². The van der Waals surface area contributed by atoms with E-state index in [1.807, 2.05) is 24.4 Å². The third-order valence-corrected chi connectivity index (χ3v) is 4.17. The first-order chi connectivity index (χ1) is 9.88. The lowest BCUT2D eigenvalue weighted by molar-refractivity contribution is -0.0447. The first-order valence-corrected chi connectivity index (χ1v) is 7.36. The Bertz CT molecular complexity index is 437. The van der Waals surface area contributed by atoms with Crippen molar-refractivity contribution in [1.82, 2.24) is 9.88 Å². The predicted octanol–water partition coefficient (Wildman–Crippen LogP) is 2.02. The zero-order valence-corrected chi connectivity index (χ0v) is 11.8. The summed E-state index contributed by atoms with van der Waals surface area (Å²) in [7, 11) is 0. The van der Waals surface area contributed by atoms with Crippen LogP contribution < -0.4 is 0 Å². The molecule has 0 radical (unpaired) electrons. The van der Waals surface area contributed by atoms with Gasteiger partial charge in [-0.2, -0.15) is 0 Å². The number of fused-ring (bicyclic) bond motifs is 2. The van der Waals surface area contributed by atoms with E-state index in [0.717, 1.165) is 38.2 Å². The van der Waals surface area contributed by atoms with Gasteiger partial charge in [-0.05, 0) is 25.0 Å². The fourth-order valence-corrected chi connectivity index (χ4v) is 3.26. The molecule has 0 spiro atoms. The zero-order chi connectivity index (χ0) is 13.8. The first-order valence-electron chi connectivity index (χ1n) is 7.36. The summed E-state index contributed by atoms with van der Waals surface area (Å²) in [5, 5.41) is 0. The maximum Gasteiger partial charge on any atom is 0.0995 e. The van der Waals surface area contributed by atoms with E-state index in [4.69, 9.17) is 9.47 Å². The molecule has 2 heterocycles. The quantitative estimate of drug-likeness (QED) is 0.769. The summed E-state index contributed by atoms with van der Waals surface area (Å²) < 4.78 is 11.9. The minimum Gasteiger partial charge on any atom is -0.374 e. The van der Waals surface area contributed by atoms with Crippen LogP contribution in [0.1, 0.15) is 18.5 Å². The molecule has 3 atom stereocenters. The van der Waals surface area contributed by atoms with Gasteiger partial charge in [-0.1, -0.05) is 12.1 Å². The summed E-state index contributed by atoms with van der Waals surface area (Å²) in [5.41, 5.74) is 1.11. The highest BCUT2D eigenvalue weighted by molar-refractivity contribution is 5.05. The van der Waals surface area contributed by atoms with Gasteiger partial charge in [0.25, 0.3) is 0 Å².